The van der Waals surface area contributed by atoms with E-state index in [1.165, 1.54) is 6.07 Å². The highest BCUT2D eigenvalue weighted by Gasteiger charge is 2.24. The highest BCUT2D eigenvalue weighted by atomic mass is 16.5. The molecule has 0 aliphatic heterocycles. The number of carbonyl (C=O) groups excluding carboxylic acids is 1. The number of nitrogens with zero attached hydrogens (tertiary/aromatic N) is 4. The summed E-state index contributed by atoms with van der Waals surface area (Å²) in [4.78, 5) is 24.3. The van der Waals surface area contributed by atoms with E-state index in [1.807, 2.05) is 36.4 Å². The van der Waals surface area contributed by atoms with Crippen LogP contribution in [0.15, 0.2) is 48.6 Å². The second-order valence-corrected chi connectivity index (χ2v) is 9.59. The SMILES string of the molecule is C=C(C#N)CNc1c(OC)ccc2ccc(-c3nc(N)cc(C(=O)NC4CCC(N(C)C)CC4)n3)cc12. The second kappa shape index (κ2) is 11.3. The van der Waals surface area contributed by atoms with Crippen molar-refractivity contribution in [3.05, 3.63) is 54.2 Å². The van der Waals surface area contributed by atoms with Crippen molar-refractivity contribution < 1.29 is 9.53 Å². The van der Waals surface area contributed by atoms with Crippen LogP contribution >= 0.6 is 0 Å². The van der Waals surface area contributed by atoms with Crippen LogP contribution in [-0.2, 0) is 0 Å². The van der Waals surface area contributed by atoms with Crippen LogP contribution in [-0.4, -0.2) is 60.6 Å². The van der Waals surface area contributed by atoms with E-state index in [9.17, 15) is 4.79 Å². The Balaban J connectivity index is 1.61. The van der Waals surface area contributed by atoms with Crippen LogP contribution in [0.25, 0.3) is 22.2 Å². The number of rotatable bonds is 8. The van der Waals surface area contributed by atoms with E-state index in [-0.39, 0.29) is 30.0 Å². The van der Waals surface area contributed by atoms with Gasteiger partial charge in [-0.25, -0.2) is 9.97 Å². The zero-order valence-corrected chi connectivity index (χ0v) is 21.5. The highest BCUT2D eigenvalue weighted by Crippen LogP contribution is 2.35. The smallest absolute Gasteiger partial charge is 0.270 e. The third kappa shape index (κ3) is 5.98. The molecule has 0 saturated heterocycles. The van der Waals surface area contributed by atoms with Gasteiger partial charge in [0.15, 0.2) is 5.82 Å². The Hall–Kier alpha value is -4.16. The van der Waals surface area contributed by atoms with Gasteiger partial charge >= 0.3 is 0 Å². The lowest BCUT2D eigenvalue weighted by atomic mass is 9.90. The van der Waals surface area contributed by atoms with Crippen molar-refractivity contribution in [2.75, 3.05) is 38.8 Å². The maximum atomic E-state index is 13.1. The lowest BCUT2D eigenvalue weighted by Gasteiger charge is -2.32. The van der Waals surface area contributed by atoms with Gasteiger partial charge in [-0.2, -0.15) is 5.26 Å². The third-order valence-corrected chi connectivity index (χ3v) is 6.84. The van der Waals surface area contributed by atoms with E-state index >= 15 is 0 Å². The maximum absolute atomic E-state index is 13.1. The fourth-order valence-electron chi connectivity index (χ4n) is 4.73. The summed E-state index contributed by atoms with van der Waals surface area (Å²) in [6.07, 6.45) is 3.96. The van der Waals surface area contributed by atoms with E-state index in [1.54, 1.807) is 7.11 Å². The number of hydrogen-bond acceptors (Lipinski definition) is 8. The number of aromatic nitrogens is 2. The number of nitrogens with two attached hydrogens (primary N) is 1. The number of amides is 1. The summed E-state index contributed by atoms with van der Waals surface area (Å²) in [5.41, 5.74) is 8.17. The zero-order chi connectivity index (χ0) is 26.5. The molecule has 1 aliphatic rings. The molecule has 9 heteroatoms. The predicted octanol–water partition coefficient (Wildman–Crippen LogP) is 3.98. The Kier molecular flexibility index (Phi) is 7.89. The summed E-state index contributed by atoms with van der Waals surface area (Å²) < 4.78 is 5.54. The first-order chi connectivity index (χ1) is 17.8. The monoisotopic (exact) mass is 499 g/mol. The Morgan fingerprint density at radius 3 is 2.59 bits per heavy atom. The lowest BCUT2D eigenvalue weighted by molar-refractivity contribution is 0.0911. The van der Waals surface area contributed by atoms with E-state index in [4.69, 9.17) is 15.7 Å². The van der Waals surface area contributed by atoms with Gasteiger partial charge in [0.1, 0.15) is 17.3 Å². The van der Waals surface area contributed by atoms with Crippen LogP contribution in [0, 0.1) is 11.3 Å². The molecule has 1 amide bonds. The number of hydrogen-bond donors (Lipinski definition) is 3. The van der Waals surface area contributed by atoms with Crippen molar-refractivity contribution in [3.63, 3.8) is 0 Å². The number of nitrogens with one attached hydrogen (secondary N) is 2. The average Bonchev–Trinajstić information content (AvgIpc) is 2.90. The molecular formula is C28H33N7O2. The first kappa shape index (κ1) is 25.9. The quantitative estimate of drug-likeness (QED) is 0.397. The molecule has 0 bridgehead atoms. The summed E-state index contributed by atoms with van der Waals surface area (Å²) in [5.74, 6) is 0.968. The largest absolute Gasteiger partial charge is 0.495 e. The van der Waals surface area contributed by atoms with Crippen molar-refractivity contribution in [2.45, 2.75) is 37.8 Å². The summed E-state index contributed by atoms with van der Waals surface area (Å²) in [6, 6.07) is 13.8. The molecule has 3 aromatic rings. The molecule has 0 spiro atoms. The van der Waals surface area contributed by atoms with Crippen LogP contribution in [0.1, 0.15) is 36.2 Å². The Morgan fingerprint density at radius 1 is 1.19 bits per heavy atom. The molecule has 1 fully saturated rings. The van der Waals surface area contributed by atoms with Crippen molar-refractivity contribution in [3.8, 4) is 23.2 Å². The number of nitriles is 1. The number of fused-ring (bicyclic) bond motifs is 1. The van der Waals surface area contributed by atoms with Crippen LogP contribution in [0.5, 0.6) is 5.75 Å². The number of carbonyl (C=O) groups is 1. The molecule has 0 unspecified atom stereocenters. The second-order valence-electron chi connectivity index (χ2n) is 9.59. The average molecular weight is 500 g/mol. The van der Waals surface area contributed by atoms with Crippen molar-refractivity contribution in [1.82, 2.24) is 20.2 Å². The Morgan fingerprint density at radius 2 is 1.92 bits per heavy atom. The van der Waals surface area contributed by atoms with Gasteiger partial charge in [-0.3, -0.25) is 4.79 Å². The molecule has 9 nitrogen and oxygen atoms in total. The van der Waals surface area contributed by atoms with Gasteiger partial charge in [0.05, 0.1) is 18.9 Å². The molecular weight excluding hydrogens is 466 g/mol. The normalized spacial score (nSPS) is 17.3. The minimum absolute atomic E-state index is 0.119. The van der Waals surface area contributed by atoms with Gasteiger partial charge in [0, 0.05) is 41.2 Å². The van der Waals surface area contributed by atoms with Crippen LogP contribution in [0.4, 0.5) is 11.5 Å². The number of benzene rings is 2. The van der Waals surface area contributed by atoms with Crippen molar-refractivity contribution in [1.29, 1.82) is 5.26 Å². The standard InChI is InChI=1S/C28H33N7O2/c1-17(15-29)16-31-26-22-13-19(6-5-18(22)7-12-24(26)37-4)27-33-23(14-25(30)34-27)28(36)32-20-8-10-21(11-9-20)35(2)3/h5-7,12-14,20-21,31H,1,8-11,16H2,2-4H3,(H,32,36)(H2,30,33,34). The Labute approximate surface area is 217 Å². The minimum atomic E-state index is -0.247. The molecule has 1 aliphatic carbocycles. The van der Waals surface area contributed by atoms with Gasteiger partial charge < -0.3 is 26.0 Å². The number of anilines is 2. The maximum Gasteiger partial charge on any atom is 0.270 e. The molecule has 0 atom stereocenters. The van der Waals surface area contributed by atoms with Gasteiger partial charge in [-0.05, 0) is 57.3 Å². The molecule has 4 N–H and O–H groups in total. The fourth-order valence-corrected chi connectivity index (χ4v) is 4.73. The summed E-state index contributed by atoms with van der Waals surface area (Å²) in [6.45, 7) is 4.02. The van der Waals surface area contributed by atoms with E-state index in [2.05, 4.69) is 46.2 Å². The first-order valence-corrected chi connectivity index (χ1v) is 12.3. The van der Waals surface area contributed by atoms with Crippen LogP contribution < -0.4 is 21.1 Å². The molecule has 37 heavy (non-hydrogen) atoms. The van der Waals surface area contributed by atoms with Crippen molar-refractivity contribution >= 4 is 28.2 Å². The molecule has 1 heterocycles. The molecule has 2 aromatic carbocycles. The van der Waals surface area contributed by atoms with Gasteiger partial charge in [0.2, 0.25) is 0 Å². The van der Waals surface area contributed by atoms with Gasteiger partial charge in [0.25, 0.3) is 5.91 Å². The zero-order valence-electron chi connectivity index (χ0n) is 21.5. The molecule has 4 rings (SSSR count). The van der Waals surface area contributed by atoms with E-state index in [0.717, 1.165) is 42.1 Å². The van der Waals surface area contributed by atoms with E-state index in [0.29, 0.717) is 28.8 Å². The molecule has 1 aromatic heterocycles. The van der Waals surface area contributed by atoms with Crippen LogP contribution in [0.3, 0.4) is 0 Å². The molecule has 1 saturated carbocycles. The fraction of sp³-hybridized carbons (Fsp3) is 0.357. The summed E-state index contributed by atoms with van der Waals surface area (Å²) >= 11 is 0. The molecule has 0 radical (unpaired) electrons. The topological polar surface area (TPSA) is 129 Å². The number of nitrogen functional groups attached to an aromatic ring is 1. The number of methoxy groups -OCH3 is 1. The first-order valence-electron chi connectivity index (χ1n) is 12.3. The van der Waals surface area contributed by atoms with Gasteiger partial charge in [-0.1, -0.05) is 24.8 Å². The van der Waals surface area contributed by atoms with Gasteiger partial charge in [-0.15, -0.1) is 0 Å². The van der Waals surface area contributed by atoms with E-state index < -0.39 is 0 Å². The predicted molar refractivity (Wildman–Crippen MR) is 146 cm³/mol. The van der Waals surface area contributed by atoms with Crippen LogP contribution in [0.2, 0.25) is 0 Å². The highest BCUT2D eigenvalue weighted by molar-refractivity contribution is 5.99. The number of ether oxygens (including phenoxy) is 1. The van der Waals surface area contributed by atoms with Crippen molar-refractivity contribution in [2.24, 2.45) is 0 Å². The molecule has 192 valence electrons. The summed E-state index contributed by atoms with van der Waals surface area (Å²) in [7, 11) is 5.79. The lowest BCUT2D eigenvalue weighted by Crippen LogP contribution is -2.42. The Bertz CT molecular complexity index is 1350. The third-order valence-electron chi connectivity index (χ3n) is 6.84. The minimum Gasteiger partial charge on any atom is -0.495 e. The summed E-state index contributed by atoms with van der Waals surface area (Å²) in [5, 5.41) is 17.3.